The lowest BCUT2D eigenvalue weighted by atomic mass is 9.79. The van der Waals surface area contributed by atoms with Crippen molar-refractivity contribution in [1.82, 2.24) is 4.90 Å². The minimum absolute atomic E-state index is 0.0333. The van der Waals surface area contributed by atoms with Gasteiger partial charge in [0.15, 0.2) is 0 Å². The number of carbonyl (C=O) groups is 1. The number of hydrogen-bond acceptors (Lipinski definition) is 2. The van der Waals surface area contributed by atoms with Crippen LogP contribution in [0.3, 0.4) is 0 Å². The van der Waals surface area contributed by atoms with E-state index in [9.17, 15) is 4.79 Å². The first-order chi connectivity index (χ1) is 8.66. The fourth-order valence-electron chi connectivity index (χ4n) is 3.46. The topological polar surface area (TPSA) is 40.5 Å². The van der Waals surface area contributed by atoms with Gasteiger partial charge in [-0.05, 0) is 18.4 Å². The second-order valence-corrected chi connectivity index (χ2v) is 5.37. The number of hydrogen-bond donors (Lipinski definition) is 1. The number of amides is 1. The number of nitrogens with zero attached hydrogens (tertiary/aromatic N) is 1. The van der Waals surface area contributed by atoms with Crippen LogP contribution in [0.25, 0.3) is 0 Å². The summed E-state index contributed by atoms with van der Waals surface area (Å²) in [6.45, 7) is 1.20. The van der Waals surface area contributed by atoms with E-state index < -0.39 is 0 Å². The van der Waals surface area contributed by atoms with E-state index in [0.717, 1.165) is 24.8 Å². The van der Waals surface area contributed by atoms with Gasteiger partial charge in [0.25, 0.3) is 0 Å². The summed E-state index contributed by atoms with van der Waals surface area (Å²) in [6, 6.07) is 6.01. The minimum Gasteiger partial charge on any atom is -0.395 e. The number of fused-ring (bicyclic) bond motifs is 2. The zero-order chi connectivity index (χ0) is 12.8. The fourth-order valence-corrected chi connectivity index (χ4v) is 3.46. The van der Waals surface area contributed by atoms with Gasteiger partial charge < -0.3 is 10.0 Å². The highest BCUT2D eigenvalue weighted by Crippen LogP contribution is 2.45. The van der Waals surface area contributed by atoms with Gasteiger partial charge in [0.2, 0.25) is 5.91 Å². The summed E-state index contributed by atoms with van der Waals surface area (Å²) < 4.78 is 0. The van der Waals surface area contributed by atoms with E-state index in [1.165, 1.54) is 11.1 Å². The van der Waals surface area contributed by atoms with Crippen LogP contribution in [-0.4, -0.2) is 43.5 Å². The Morgan fingerprint density at radius 1 is 1.44 bits per heavy atom. The van der Waals surface area contributed by atoms with Crippen molar-refractivity contribution >= 4 is 19.2 Å². The zero-order valence-corrected chi connectivity index (χ0v) is 10.4. The van der Waals surface area contributed by atoms with Crippen LogP contribution in [0.4, 0.5) is 0 Å². The Hall–Kier alpha value is -1.29. The van der Waals surface area contributed by atoms with Gasteiger partial charge in [-0.1, -0.05) is 29.2 Å². The number of benzene rings is 1. The second kappa shape index (κ2) is 4.13. The SMILES string of the molecule is [B]c1cccc2c1CCC21CC(=O)N(CCO)C1. The van der Waals surface area contributed by atoms with Gasteiger partial charge in [-0.3, -0.25) is 4.79 Å². The predicted octanol–water partition coefficient (Wildman–Crippen LogP) is -0.111. The van der Waals surface area contributed by atoms with Crippen LogP contribution in [0.5, 0.6) is 0 Å². The molecular formula is C14H16BNO2. The van der Waals surface area contributed by atoms with Crippen molar-refractivity contribution in [3.05, 3.63) is 29.3 Å². The smallest absolute Gasteiger partial charge is 0.223 e. The fraction of sp³-hybridized carbons (Fsp3) is 0.500. The first-order valence-corrected chi connectivity index (χ1v) is 6.43. The largest absolute Gasteiger partial charge is 0.395 e. The van der Waals surface area contributed by atoms with Crippen molar-refractivity contribution in [3.63, 3.8) is 0 Å². The van der Waals surface area contributed by atoms with E-state index >= 15 is 0 Å². The third kappa shape index (κ3) is 1.59. The van der Waals surface area contributed by atoms with Crippen molar-refractivity contribution in [1.29, 1.82) is 0 Å². The molecule has 1 atom stereocenters. The maximum atomic E-state index is 12.0. The first kappa shape index (κ1) is 11.8. The van der Waals surface area contributed by atoms with Gasteiger partial charge in [-0.2, -0.15) is 0 Å². The highest BCUT2D eigenvalue weighted by molar-refractivity contribution is 6.33. The summed E-state index contributed by atoms with van der Waals surface area (Å²) in [5.74, 6) is 0.152. The molecule has 1 spiro atoms. The number of likely N-dealkylation sites (tertiary alicyclic amines) is 1. The van der Waals surface area contributed by atoms with Gasteiger partial charge in [0, 0.05) is 24.9 Å². The number of aliphatic hydroxyl groups is 1. The molecule has 3 nitrogen and oxygen atoms in total. The Morgan fingerprint density at radius 3 is 3.06 bits per heavy atom. The molecule has 1 aromatic carbocycles. The van der Waals surface area contributed by atoms with Crippen molar-refractivity contribution < 1.29 is 9.90 Å². The molecule has 1 saturated heterocycles. The average Bonchev–Trinajstić information content (AvgIpc) is 2.84. The Kier molecular flexibility index (Phi) is 2.70. The molecule has 0 aromatic heterocycles. The zero-order valence-electron chi connectivity index (χ0n) is 10.4. The summed E-state index contributed by atoms with van der Waals surface area (Å²) in [4.78, 5) is 13.8. The molecule has 4 heteroatoms. The number of carbonyl (C=O) groups excluding carboxylic acids is 1. The third-order valence-electron chi connectivity index (χ3n) is 4.34. The van der Waals surface area contributed by atoms with Crippen molar-refractivity contribution in [2.45, 2.75) is 24.7 Å². The molecular weight excluding hydrogens is 225 g/mol. The molecule has 1 unspecified atom stereocenters. The van der Waals surface area contributed by atoms with Crippen LogP contribution in [0.2, 0.25) is 0 Å². The third-order valence-corrected chi connectivity index (χ3v) is 4.34. The van der Waals surface area contributed by atoms with Gasteiger partial charge in [0.1, 0.15) is 7.85 Å². The van der Waals surface area contributed by atoms with Gasteiger partial charge in [0.05, 0.1) is 6.61 Å². The summed E-state index contributed by atoms with van der Waals surface area (Å²) >= 11 is 0. The molecule has 92 valence electrons. The Balaban J connectivity index is 1.97. The van der Waals surface area contributed by atoms with Crippen molar-refractivity contribution in [2.24, 2.45) is 0 Å². The van der Waals surface area contributed by atoms with E-state index in [1.54, 1.807) is 4.90 Å². The molecule has 3 rings (SSSR count). The van der Waals surface area contributed by atoms with E-state index in [1.807, 2.05) is 12.1 Å². The molecule has 1 N–H and O–H groups in total. The van der Waals surface area contributed by atoms with E-state index in [0.29, 0.717) is 13.0 Å². The quantitative estimate of drug-likeness (QED) is 0.734. The minimum atomic E-state index is -0.0586. The molecule has 1 aliphatic carbocycles. The Morgan fingerprint density at radius 2 is 2.28 bits per heavy atom. The van der Waals surface area contributed by atoms with E-state index in [2.05, 4.69) is 6.07 Å². The van der Waals surface area contributed by atoms with E-state index in [4.69, 9.17) is 13.0 Å². The highest BCUT2D eigenvalue weighted by atomic mass is 16.3. The number of β-amino-alcohol motifs (C(OH)–C–C–N with tert-alkyl or cyclic N) is 1. The molecule has 2 radical (unpaired) electrons. The summed E-state index contributed by atoms with van der Waals surface area (Å²) in [5, 5.41) is 9.00. The van der Waals surface area contributed by atoms with Crippen LogP contribution in [0, 0.1) is 0 Å². The molecule has 0 saturated carbocycles. The maximum absolute atomic E-state index is 12.0. The van der Waals surface area contributed by atoms with Gasteiger partial charge in [-0.15, -0.1) is 0 Å². The molecule has 1 heterocycles. The predicted molar refractivity (Wildman–Crippen MR) is 70.1 cm³/mol. The van der Waals surface area contributed by atoms with Gasteiger partial charge >= 0.3 is 0 Å². The summed E-state index contributed by atoms with van der Waals surface area (Å²) in [7, 11) is 6.01. The molecule has 0 bridgehead atoms. The first-order valence-electron chi connectivity index (χ1n) is 6.43. The van der Waals surface area contributed by atoms with Crippen LogP contribution in [0.1, 0.15) is 24.0 Å². The number of rotatable bonds is 2. The molecule has 1 amide bonds. The lowest BCUT2D eigenvalue weighted by Crippen LogP contribution is -2.32. The summed E-state index contributed by atoms with van der Waals surface area (Å²) in [5.41, 5.74) is 3.25. The standard InChI is InChI=1S/C14H16BNO2/c15-12-3-1-2-11-10(12)4-5-14(11)8-13(18)16(9-14)6-7-17/h1-3,17H,4-9H2. The van der Waals surface area contributed by atoms with E-state index in [-0.39, 0.29) is 17.9 Å². The average molecular weight is 241 g/mol. The second-order valence-electron chi connectivity index (χ2n) is 5.37. The normalized spacial score (nSPS) is 26.1. The summed E-state index contributed by atoms with van der Waals surface area (Å²) in [6.07, 6.45) is 2.51. The molecule has 1 aromatic rings. The molecule has 18 heavy (non-hydrogen) atoms. The molecule has 1 aliphatic heterocycles. The highest BCUT2D eigenvalue weighted by Gasteiger charge is 2.47. The molecule has 1 fully saturated rings. The van der Waals surface area contributed by atoms with Crippen molar-refractivity contribution in [2.75, 3.05) is 19.7 Å². The maximum Gasteiger partial charge on any atom is 0.223 e. The van der Waals surface area contributed by atoms with Crippen LogP contribution in [-0.2, 0) is 16.6 Å². The van der Waals surface area contributed by atoms with Crippen LogP contribution >= 0.6 is 0 Å². The lowest BCUT2D eigenvalue weighted by Gasteiger charge is -2.24. The Bertz CT molecular complexity index is 503. The van der Waals surface area contributed by atoms with Crippen LogP contribution in [0.15, 0.2) is 18.2 Å². The monoisotopic (exact) mass is 241 g/mol. The molecule has 2 aliphatic rings. The number of aliphatic hydroxyl groups excluding tert-OH is 1. The van der Waals surface area contributed by atoms with Gasteiger partial charge in [-0.25, -0.2) is 0 Å². The van der Waals surface area contributed by atoms with Crippen LogP contribution < -0.4 is 5.46 Å². The Labute approximate surface area is 108 Å². The van der Waals surface area contributed by atoms with Crippen molar-refractivity contribution in [3.8, 4) is 0 Å². The lowest BCUT2D eigenvalue weighted by molar-refractivity contribution is -0.128.